The van der Waals surface area contributed by atoms with Gasteiger partial charge in [-0.3, -0.25) is 14.3 Å². The smallest absolute Gasteiger partial charge is 0.303 e. The van der Waals surface area contributed by atoms with Crippen molar-refractivity contribution in [3.8, 4) is 0 Å². The number of amides is 1. The van der Waals surface area contributed by atoms with E-state index in [0.717, 1.165) is 47.5 Å². The Kier molecular flexibility index (Phi) is 7.82. The van der Waals surface area contributed by atoms with Crippen LogP contribution in [0.25, 0.3) is 0 Å². The van der Waals surface area contributed by atoms with Gasteiger partial charge < -0.3 is 10.4 Å². The standard InChI is InChI=1S/C26H31N3O3/c1-4-5-6-20-7-11-22(12-8-20)26(32)27-23-13-9-21(10-14-23)17-29-19(3)24(18(2)28-29)15-16-25(30)31/h7-14H,4-6,15-17H2,1-3H3,(H,27,32)(H,30,31). The molecule has 0 bridgehead atoms. The molecule has 0 aliphatic carbocycles. The van der Waals surface area contributed by atoms with E-state index in [2.05, 4.69) is 17.3 Å². The molecule has 0 radical (unpaired) electrons. The van der Waals surface area contributed by atoms with Gasteiger partial charge in [0.05, 0.1) is 12.2 Å². The van der Waals surface area contributed by atoms with Crippen molar-refractivity contribution in [2.24, 2.45) is 0 Å². The van der Waals surface area contributed by atoms with Crippen molar-refractivity contribution in [3.05, 3.63) is 82.2 Å². The van der Waals surface area contributed by atoms with Gasteiger partial charge in [-0.2, -0.15) is 5.10 Å². The summed E-state index contributed by atoms with van der Waals surface area (Å²) in [6.45, 7) is 6.65. The zero-order chi connectivity index (χ0) is 23.1. The summed E-state index contributed by atoms with van der Waals surface area (Å²) in [4.78, 5) is 23.4. The Morgan fingerprint density at radius 3 is 2.25 bits per heavy atom. The Labute approximate surface area is 189 Å². The first-order valence-electron chi connectivity index (χ1n) is 11.1. The maximum absolute atomic E-state index is 12.5. The number of nitrogens with zero attached hydrogens (tertiary/aromatic N) is 2. The zero-order valence-electron chi connectivity index (χ0n) is 19.0. The van der Waals surface area contributed by atoms with E-state index in [-0.39, 0.29) is 12.3 Å². The second-order valence-corrected chi connectivity index (χ2v) is 8.15. The Balaban J connectivity index is 1.61. The number of carboxylic acid groups (broad SMARTS) is 1. The van der Waals surface area contributed by atoms with E-state index in [9.17, 15) is 9.59 Å². The summed E-state index contributed by atoms with van der Waals surface area (Å²) >= 11 is 0. The highest BCUT2D eigenvalue weighted by Gasteiger charge is 2.13. The molecule has 2 aromatic carbocycles. The number of hydrogen-bond acceptors (Lipinski definition) is 3. The molecular weight excluding hydrogens is 402 g/mol. The Morgan fingerprint density at radius 1 is 0.969 bits per heavy atom. The number of aromatic nitrogens is 2. The largest absolute Gasteiger partial charge is 0.481 e. The van der Waals surface area contributed by atoms with Gasteiger partial charge in [0.1, 0.15) is 0 Å². The lowest BCUT2D eigenvalue weighted by Gasteiger charge is -2.09. The van der Waals surface area contributed by atoms with Crippen LogP contribution in [0.2, 0.25) is 0 Å². The van der Waals surface area contributed by atoms with Crippen molar-refractivity contribution in [3.63, 3.8) is 0 Å². The lowest BCUT2D eigenvalue weighted by atomic mass is 10.1. The maximum Gasteiger partial charge on any atom is 0.303 e. The average Bonchev–Trinajstić information content (AvgIpc) is 3.04. The molecule has 0 aliphatic rings. The van der Waals surface area contributed by atoms with E-state index in [0.29, 0.717) is 18.5 Å². The van der Waals surface area contributed by atoms with Gasteiger partial charge in [-0.25, -0.2) is 0 Å². The zero-order valence-corrected chi connectivity index (χ0v) is 19.0. The molecule has 1 amide bonds. The number of rotatable bonds is 10. The molecule has 3 aromatic rings. The van der Waals surface area contributed by atoms with E-state index < -0.39 is 5.97 Å². The molecule has 6 nitrogen and oxygen atoms in total. The Morgan fingerprint density at radius 2 is 1.62 bits per heavy atom. The number of carboxylic acids is 1. The average molecular weight is 434 g/mol. The summed E-state index contributed by atoms with van der Waals surface area (Å²) in [5, 5.41) is 16.5. The molecule has 168 valence electrons. The third-order valence-corrected chi connectivity index (χ3v) is 5.70. The van der Waals surface area contributed by atoms with E-state index in [1.165, 1.54) is 5.56 Å². The first-order valence-corrected chi connectivity index (χ1v) is 11.1. The predicted molar refractivity (Wildman–Crippen MR) is 126 cm³/mol. The van der Waals surface area contributed by atoms with Crippen molar-refractivity contribution in [1.82, 2.24) is 9.78 Å². The van der Waals surface area contributed by atoms with Crippen LogP contribution >= 0.6 is 0 Å². The summed E-state index contributed by atoms with van der Waals surface area (Å²) in [5.74, 6) is -0.928. The number of anilines is 1. The van der Waals surface area contributed by atoms with Gasteiger partial charge in [0.15, 0.2) is 0 Å². The first kappa shape index (κ1) is 23.3. The van der Waals surface area contributed by atoms with Crippen molar-refractivity contribution < 1.29 is 14.7 Å². The fourth-order valence-electron chi connectivity index (χ4n) is 3.76. The topological polar surface area (TPSA) is 84.2 Å². The number of aliphatic carboxylic acids is 1. The van der Waals surface area contributed by atoms with Crippen molar-refractivity contribution in [2.75, 3.05) is 5.32 Å². The fraction of sp³-hybridized carbons (Fsp3) is 0.346. The lowest BCUT2D eigenvalue weighted by Crippen LogP contribution is -2.12. The summed E-state index contributed by atoms with van der Waals surface area (Å²) < 4.78 is 1.90. The molecule has 1 aromatic heterocycles. The molecule has 0 spiro atoms. The normalized spacial score (nSPS) is 10.8. The number of carbonyl (C=O) groups is 2. The van der Waals surface area contributed by atoms with Gasteiger partial charge in [-0.05, 0) is 74.1 Å². The molecule has 0 aliphatic heterocycles. The third-order valence-electron chi connectivity index (χ3n) is 5.70. The number of hydrogen-bond donors (Lipinski definition) is 2. The second kappa shape index (κ2) is 10.8. The van der Waals surface area contributed by atoms with Gasteiger partial charge in [0.25, 0.3) is 5.91 Å². The van der Waals surface area contributed by atoms with E-state index in [4.69, 9.17) is 5.11 Å². The highest BCUT2D eigenvalue weighted by Crippen LogP contribution is 2.18. The number of nitrogens with one attached hydrogen (secondary N) is 1. The number of carbonyl (C=O) groups excluding carboxylic acids is 1. The van der Waals surface area contributed by atoms with Crippen LogP contribution in [0.4, 0.5) is 5.69 Å². The molecule has 3 rings (SSSR count). The Bertz CT molecular complexity index is 1070. The lowest BCUT2D eigenvalue weighted by molar-refractivity contribution is -0.136. The molecule has 0 atom stereocenters. The predicted octanol–water partition coefficient (Wildman–Crippen LogP) is 5.16. The maximum atomic E-state index is 12.5. The monoisotopic (exact) mass is 433 g/mol. The molecule has 0 saturated heterocycles. The number of unbranched alkanes of at least 4 members (excludes halogenated alkanes) is 1. The van der Waals surface area contributed by atoms with E-state index >= 15 is 0 Å². The second-order valence-electron chi connectivity index (χ2n) is 8.15. The van der Waals surface area contributed by atoms with Crippen LogP contribution in [0.3, 0.4) is 0 Å². The van der Waals surface area contributed by atoms with Crippen molar-refractivity contribution in [1.29, 1.82) is 0 Å². The van der Waals surface area contributed by atoms with E-state index in [1.54, 1.807) is 0 Å². The molecule has 0 unspecified atom stereocenters. The van der Waals surface area contributed by atoms with Crippen LogP contribution in [0.1, 0.15) is 64.6 Å². The van der Waals surface area contributed by atoms with Crippen LogP contribution in [0, 0.1) is 13.8 Å². The van der Waals surface area contributed by atoms with Crippen molar-refractivity contribution in [2.45, 2.75) is 59.4 Å². The van der Waals surface area contributed by atoms with Gasteiger partial charge in [-0.1, -0.05) is 37.6 Å². The minimum absolute atomic E-state index is 0.100. The molecule has 0 fully saturated rings. The first-order chi connectivity index (χ1) is 15.4. The van der Waals surface area contributed by atoms with Crippen LogP contribution in [-0.2, 0) is 24.2 Å². The van der Waals surface area contributed by atoms with Crippen LogP contribution < -0.4 is 5.32 Å². The van der Waals surface area contributed by atoms with Crippen molar-refractivity contribution >= 4 is 17.6 Å². The number of aryl methyl sites for hydroxylation is 2. The van der Waals surface area contributed by atoms with E-state index in [1.807, 2.05) is 67.1 Å². The molecule has 0 saturated carbocycles. The summed E-state index contributed by atoms with van der Waals surface area (Å²) in [5.41, 5.74) is 6.55. The van der Waals surface area contributed by atoms with Crippen LogP contribution in [-0.4, -0.2) is 26.8 Å². The quantitative estimate of drug-likeness (QED) is 0.462. The summed E-state index contributed by atoms with van der Waals surface area (Å²) in [6, 6.07) is 15.5. The van der Waals surface area contributed by atoms with Gasteiger partial charge in [0, 0.05) is 23.4 Å². The highest BCUT2D eigenvalue weighted by atomic mass is 16.4. The summed E-state index contributed by atoms with van der Waals surface area (Å²) in [6.07, 6.45) is 3.93. The summed E-state index contributed by atoms with van der Waals surface area (Å²) in [7, 11) is 0. The van der Waals surface area contributed by atoms with Crippen LogP contribution in [0.15, 0.2) is 48.5 Å². The highest BCUT2D eigenvalue weighted by molar-refractivity contribution is 6.04. The Hall–Kier alpha value is -3.41. The fourth-order valence-corrected chi connectivity index (χ4v) is 3.76. The van der Waals surface area contributed by atoms with Crippen LogP contribution in [0.5, 0.6) is 0 Å². The molecule has 1 heterocycles. The van der Waals surface area contributed by atoms with Gasteiger partial charge >= 0.3 is 5.97 Å². The minimum atomic E-state index is -0.804. The van der Waals surface area contributed by atoms with Gasteiger partial charge in [-0.15, -0.1) is 0 Å². The van der Waals surface area contributed by atoms with Gasteiger partial charge in [0.2, 0.25) is 0 Å². The molecular formula is C26H31N3O3. The minimum Gasteiger partial charge on any atom is -0.481 e. The molecule has 32 heavy (non-hydrogen) atoms. The molecule has 6 heteroatoms. The number of benzene rings is 2. The SMILES string of the molecule is CCCCc1ccc(C(=O)Nc2ccc(Cn3nc(C)c(CCC(=O)O)c3C)cc2)cc1. The molecule has 2 N–H and O–H groups in total. The third kappa shape index (κ3) is 6.06.